The number of fused-ring (bicyclic) bond motifs is 1. The van der Waals surface area contributed by atoms with Crippen LogP contribution in [0.25, 0.3) is 10.9 Å². The van der Waals surface area contributed by atoms with E-state index in [4.69, 9.17) is 0 Å². The third-order valence-electron chi connectivity index (χ3n) is 4.46. The molecule has 5 nitrogen and oxygen atoms in total. The van der Waals surface area contributed by atoms with E-state index in [1.165, 1.54) is 31.9 Å². The number of aromatic nitrogens is 2. The third-order valence-corrected chi connectivity index (χ3v) is 4.46. The fourth-order valence-electron chi connectivity index (χ4n) is 2.92. The molecule has 1 aliphatic carbocycles. The highest BCUT2D eigenvalue weighted by Gasteiger charge is 2.21. The van der Waals surface area contributed by atoms with Crippen LogP contribution in [0.5, 0.6) is 0 Å². The predicted molar refractivity (Wildman–Crippen MR) is 84.0 cm³/mol. The molecule has 0 N–H and O–H groups in total. The molecule has 1 aromatic carbocycles. The number of carbonyl (C=O) groups excluding carboxylic acids is 1. The van der Waals surface area contributed by atoms with Crippen LogP contribution < -0.4 is 5.43 Å². The molecule has 0 amide bonds. The van der Waals surface area contributed by atoms with Crippen LogP contribution in [0, 0.1) is 0 Å². The molecule has 1 aliphatic rings. The zero-order valence-corrected chi connectivity index (χ0v) is 13.0. The monoisotopic (exact) mass is 300 g/mol. The zero-order valence-electron chi connectivity index (χ0n) is 13.0. The molecular weight excluding hydrogens is 280 g/mol. The van der Waals surface area contributed by atoms with E-state index in [9.17, 15) is 9.59 Å². The van der Waals surface area contributed by atoms with Crippen molar-refractivity contribution >= 4 is 16.9 Å². The maximum absolute atomic E-state index is 12.5. The lowest BCUT2D eigenvalue weighted by atomic mass is 9.80. The van der Waals surface area contributed by atoms with Crippen LogP contribution in [-0.4, -0.2) is 22.9 Å². The fraction of sp³-hybridized carbons (Fsp3) is 0.471. The van der Waals surface area contributed by atoms with Crippen molar-refractivity contribution in [3.05, 3.63) is 39.7 Å². The molecule has 0 aliphatic heterocycles. The van der Waals surface area contributed by atoms with Crippen LogP contribution in [-0.2, 0) is 22.5 Å². The first kappa shape index (κ1) is 14.8. The summed E-state index contributed by atoms with van der Waals surface area (Å²) in [6.07, 6.45) is 3.63. The minimum atomic E-state index is -0.447. The number of hydrogen-bond donors (Lipinski definition) is 0. The Balaban J connectivity index is 2.12. The maximum Gasteiger partial charge on any atom is 0.311 e. The Hall–Kier alpha value is -2.17. The normalized spacial score (nSPS) is 14.8. The van der Waals surface area contributed by atoms with Crippen LogP contribution in [0.1, 0.15) is 43.4 Å². The second kappa shape index (κ2) is 5.91. The lowest BCUT2D eigenvalue weighted by molar-refractivity contribution is -0.139. The first-order valence-corrected chi connectivity index (χ1v) is 7.74. The smallest absolute Gasteiger partial charge is 0.311 e. The highest BCUT2D eigenvalue weighted by molar-refractivity contribution is 5.81. The first-order valence-electron chi connectivity index (χ1n) is 7.74. The van der Waals surface area contributed by atoms with Crippen molar-refractivity contribution in [1.82, 2.24) is 9.78 Å². The van der Waals surface area contributed by atoms with Crippen molar-refractivity contribution in [3.63, 3.8) is 0 Å². The molecule has 1 fully saturated rings. The summed E-state index contributed by atoms with van der Waals surface area (Å²) in [5.74, 6) is 0.164. The summed E-state index contributed by atoms with van der Waals surface area (Å²) < 4.78 is 6.44. The molecule has 0 atom stereocenters. The van der Waals surface area contributed by atoms with Crippen LogP contribution in [0.3, 0.4) is 0 Å². The van der Waals surface area contributed by atoms with Gasteiger partial charge in [-0.2, -0.15) is 5.10 Å². The molecule has 1 saturated carbocycles. The Labute approximate surface area is 128 Å². The molecule has 116 valence electrons. The topological polar surface area (TPSA) is 61.2 Å². The van der Waals surface area contributed by atoms with E-state index >= 15 is 0 Å². The van der Waals surface area contributed by atoms with Gasteiger partial charge >= 0.3 is 5.97 Å². The van der Waals surface area contributed by atoms with Crippen molar-refractivity contribution in [2.45, 2.75) is 45.1 Å². The Kier molecular flexibility index (Phi) is 3.96. The van der Waals surface area contributed by atoms with Gasteiger partial charge in [0.15, 0.2) is 0 Å². The maximum atomic E-state index is 12.5. The van der Waals surface area contributed by atoms with E-state index in [-0.39, 0.29) is 17.5 Å². The van der Waals surface area contributed by atoms with Gasteiger partial charge in [0.1, 0.15) is 5.69 Å². The Morgan fingerprint density at radius 1 is 1.41 bits per heavy atom. The van der Waals surface area contributed by atoms with E-state index < -0.39 is 5.97 Å². The van der Waals surface area contributed by atoms with Crippen molar-refractivity contribution in [3.8, 4) is 0 Å². The van der Waals surface area contributed by atoms with E-state index in [0.717, 1.165) is 5.52 Å². The molecule has 1 heterocycles. The third kappa shape index (κ3) is 2.51. The average Bonchev–Trinajstić information content (AvgIpc) is 2.48. The summed E-state index contributed by atoms with van der Waals surface area (Å²) in [6.45, 7) is 2.63. The molecule has 1 aromatic heterocycles. The minimum Gasteiger partial charge on any atom is -0.469 e. The van der Waals surface area contributed by atoms with Gasteiger partial charge in [-0.15, -0.1) is 0 Å². The highest BCUT2D eigenvalue weighted by Crippen LogP contribution is 2.37. The number of aryl methyl sites for hydroxylation is 1. The highest BCUT2D eigenvalue weighted by atomic mass is 16.5. The van der Waals surface area contributed by atoms with Gasteiger partial charge in [0.2, 0.25) is 5.43 Å². The molecule has 0 spiro atoms. The van der Waals surface area contributed by atoms with Crippen molar-refractivity contribution in [2.24, 2.45) is 0 Å². The Bertz CT molecular complexity index is 775. The van der Waals surface area contributed by atoms with Crippen LogP contribution >= 0.6 is 0 Å². The van der Waals surface area contributed by atoms with Crippen LogP contribution in [0.15, 0.2) is 23.0 Å². The largest absolute Gasteiger partial charge is 0.469 e. The van der Waals surface area contributed by atoms with Gasteiger partial charge in [-0.3, -0.25) is 14.3 Å². The summed E-state index contributed by atoms with van der Waals surface area (Å²) in [5.41, 5.74) is 2.20. The lowest BCUT2D eigenvalue weighted by Crippen LogP contribution is -2.22. The van der Waals surface area contributed by atoms with Gasteiger partial charge < -0.3 is 4.74 Å². The fourth-order valence-corrected chi connectivity index (χ4v) is 2.92. The van der Waals surface area contributed by atoms with Crippen LogP contribution in [0.4, 0.5) is 0 Å². The number of hydrogen-bond acceptors (Lipinski definition) is 4. The van der Waals surface area contributed by atoms with Gasteiger partial charge in [0.05, 0.1) is 19.0 Å². The van der Waals surface area contributed by atoms with Gasteiger partial charge in [-0.25, -0.2) is 0 Å². The zero-order chi connectivity index (χ0) is 15.7. The molecule has 3 rings (SSSR count). The van der Waals surface area contributed by atoms with Gasteiger partial charge in [0.25, 0.3) is 0 Å². The molecule has 5 heteroatoms. The van der Waals surface area contributed by atoms with Gasteiger partial charge in [-0.1, -0.05) is 12.5 Å². The lowest BCUT2D eigenvalue weighted by Gasteiger charge is -2.26. The summed E-state index contributed by atoms with van der Waals surface area (Å²) >= 11 is 0. The Morgan fingerprint density at radius 2 is 2.18 bits per heavy atom. The van der Waals surface area contributed by atoms with Crippen molar-refractivity contribution < 1.29 is 9.53 Å². The average molecular weight is 300 g/mol. The van der Waals surface area contributed by atoms with E-state index in [1.807, 2.05) is 19.1 Å². The number of methoxy groups -OCH3 is 1. The first-order chi connectivity index (χ1) is 10.6. The number of nitrogens with zero attached hydrogens (tertiary/aromatic N) is 2. The quantitative estimate of drug-likeness (QED) is 0.813. The molecule has 0 bridgehead atoms. The SMILES string of the molecule is CCn1nc(CC(=O)OC)c(=O)c2ccc(C3CCC3)cc21. The van der Waals surface area contributed by atoms with Gasteiger partial charge in [-0.05, 0) is 43.4 Å². The summed E-state index contributed by atoms with van der Waals surface area (Å²) in [7, 11) is 1.31. The minimum absolute atomic E-state index is 0.0876. The number of ether oxygens (including phenoxy) is 1. The van der Waals surface area contributed by atoms with Crippen molar-refractivity contribution in [1.29, 1.82) is 0 Å². The number of carbonyl (C=O) groups is 1. The number of rotatable bonds is 4. The van der Waals surface area contributed by atoms with Gasteiger partial charge in [0, 0.05) is 11.9 Å². The molecular formula is C17H20N2O3. The molecule has 2 aromatic rings. The summed E-state index contributed by atoms with van der Waals surface area (Å²) in [6, 6.07) is 5.99. The number of esters is 1. The van der Waals surface area contributed by atoms with Crippen molar-refractivity contribution in [2.75, 3.05) is 7.11 Å². The molecule has 0 unspecified atom stereocenters. The predicted octanol–water partition coefficient (Wildman–Crippen LogP) is 2.40. The molecule has 0 saturated heterocycles. The molecule has 0 radical (unpaired) electrons. The second-order valence-electron chi connectivity index (χ2n) is 5.75. The Morgan fingerprint density at radius 3 is 2.77 bits per heavy atom. The number of benzene rings is 1. The summed E-state index contributed by atoms with van der Waals surface area (Å²) in [5, 5.41) is 4.98. The summed E-state index contributed by atoms with van der Waals surface area (Å²) in [4.78, 5) is 24.0. The van der Waals surface area contributed by atoms with E-state index in [2.05, 4.69) is 15.9 Å². The second-order valence-corrected chi connectivity index (χ2v) is 5.75. The van der Waals surface area contributed by atoms with E-state index in [1.54, 1.807) is 4.68 Å². The standard InChI is InChI=1S/C17H20N2O3/c1-3-19-15-9-12(11-5-4-6-11)7-8-13(15)17(21)14(18-19)10-16(20)22-2/h7-9,11H,3-6,10H2,1-2H3. The molecule has 22 heavy (non-hydrogen) atoms. The van der Waals surface area contributed by atoms with Crippen LogP contribution in [0.2, 0.25) is 0 Å². The van der Waals surface area contributed by atoms with E-state index in [0.29, 0.717) is 17.8 Å².